The Morgan fingerprint density at radius 2 is 1.30 bits per heavy atom. The molecule has 0 aliphatic rings. The van der Waals surface area contributed by atoms with Gasteiger partial charge in [-0.1, -0.05) is 90.4 Å². The van der Waals surface area contributed by atoms with E-state index in [1.54, 1.807) is 6.92 Å². The number of rotatable bonds is 26. The lowest BCUT2D eigenvalue weighted by Gasteiger charge is -2.18. The molecule has 0 aromatic heterocycles. The van der Waals surface area contributed by atoms with Crippen LogP contribution in [0.2, 0.25) is 0 Å². The van der Waals surface area contributed by atoms with Gasteiger partial charge in [-0.25, -0.2) is 0 Å². The molecule has 0 amide bonds. The van der Waals surface area contributed by atoms with Gasteiger partial charge in [0.05, 0.1) is 27.3 Å². The summed E-state index contributed by atoms with van der Waals surface area (Å²) in [6.07, 6.45) is 19.2. The van der Waals surface area contributed by atoms with Crippen molar-refractivity contribution in [3.63, 3.8) is 0 Å². The summed E-state index contributed by atoms with van der Waals surface area (Å²) in [5, 5.41) is 0. The Bertz CT molecular complexity index is 425. The van der Waals surface area contributed by atoms with Crippen LogP contribution in [0.1, 0.15) is 110 Å². The summed E-state index contributed by atoms with van der Waals surface area (Å²) < 4.78 is 16.5. The molecule has 0 aromatic carbocycles. The molecule has 2 unspecified atom stereocenters. The molecular formula is C26H55NO5P+. The fourth-order valence-electron chi connectivity index (χ4n) is 3.76. The minimum Gasteiger partial charge on any atom is -0.381 e. The van der Waals surface area contributed by atoms with E-state index in [1.165, 1.54) is 88.4 Å². The molecule has 0 fully saturated rings. The van der Waals surface area contributed by atoms with Crippen molar-refractivity contribution in [2.24, 2.45) is 5.92 Å². The smallest absolute Gasteiger partial charge is 0.330 e. The van der Waals surface area contributed by atoms with Gasteiger partial charge in [0, 0.05) is 18.9 Å². The van der Waals surface area contributed by atoms with Crippen molar-refractivity contribution in [2.45, 2.75) is 110 Å². The van der Waals surface area contributed by atoms with Crippen LogP contribution in [0.25, 0.3) is 0 Å². The number of ether oxygens (including phenoxy) is 1. The molecule has 0 rings (SSSR count). The number of carbonyl (C=O) groups excluding carboxylic acids is 1. The molecule has 198 valence electrons. The first-order valence-corrected chi connectivity index (χ1v) is 14.7. The van der Waals surface area contributed by atoms with Crippen molar-refractivity contribution >= 4 is 14.4 Å². The third kappa shape index (κ3) is 26.3. The lowest BCUT2D eigenvalue weighted by molar-refractivity contribution is -0.858. The molecule has 0 bridgehead atoms. The van der Waals surface area contributed by atoms with E-state index in [1.807, 2.05) is 14.1 Å². The lowest BCUT2D eigenvalue weighted by atomic mass is 10.0. The summed E-state index contributed by atoms with van der Waals surface area (Å²) >= 11 is 0. The van der Waals surface area contributed by atoms with E-state index in [-0.39, 0.29) is 18.3 Å². The van der Waals surface area contributed by atoms with E-state index in [4.69, 9.17) is 13.8 Å². The standard InChI is InChI=1S/C26H54NO5P/c1-5-6-7-8-9-10-11-12-13-14-15-16-17-18-20-30-23-26(22-25(2)28)24-32-33(29)31-21-19-27(3)4/h26,29H,5-24H2,1-4H3/p+1. The number of likely N-dealkylation sites (N-methyl/N-ethyl adjacent to an activating group) is 1. The first-order chi connectivity index (χ1) is 16.0. The highest BCUT2D eigenvalue weighted by Gasteiger charge is 2.16. The first-order valence-electron chi connectivity index (χ1n) is 13.6. The largest absolute Gasteiger partial charge is 0.381 e. The highest BCUT2D eigenvalue weighted by Crippen LogP contribution is 2.33. The molecule has 0 radical (unpaired) electrons. The van der Waals surface area contributed by atoms with Gasteiger partial charge in [0.25, 0.3) is 0 Å². The van der Waals surface area contributed by atoms with Crippen LogP contribution < -0.4 is 4.90 Å². The summed E-state index contributed by atoms with van der Waals surface area (Å²) in [5.41, 5.74) is 0. The number of unbranched alkanes of at least 4 members (excludes halogenated alkanes) is 13. The molecule has 33 heavy (non-hydrogen) atoms. The number of quaternary nitrogens is 1. The molecule has 0 aliphatic heterocycles. The van der Waals surface area contributed by atoms with Gasteiger partial charge in [-0.15, -0.1) is 0 Å². The number of ketones is 1. The Morgan fingerprint density at radius 1 is 0.788 bits per heavy atom. The molecule has 2 N–H and O–H groups in total. The van der Waals surface area contributed by atoms with E-state index in [0.29, 0.717) is 19.6 Å². The maximum atomic E-state index is 11.5. The van der Waals surface area contributed by atoms with Crippen LogP contribution in [0.4, 0.5) is 0 Å². The highest BCUT2D eigenvalue weighted by molar-refractivity contribution is 7.40. The van der Waals surface area contributed by atoms with E-state index in [0.717, 1.165) is 19.6 Å². The Morgan fingerprint density at radius 3 is 1.79 bits per heavy atom. The Kier molecular flexibility index (Phi) is 24.9. The van der Waals surface area contributed by atoms with Crippen LogP contribution in [0.3, 0.4) is 0 Å². The van der Waals surface area contributed by atoms with Gasteiger partial charge < -0.3 is 28.4 Å². The normalized spacial score (nSPS) is 13.5. The fraction of sp³-hybridized carbons (Fsp3) is 0.962. The average Bonchev–Trinajstić information content (AvgIpc) is 2.76. The molecule has 0 aliphatic carbocycles. The molecule has 0 aromatic rings. The van der Waals surface area contributed by atoms with Gasteiger partial charge in [0.15, 0.2) is 0 Å². The fourth-order valence-corrected chi connectivity index (χ4v) is 4.42. The minimum atomic E-state index is -1.89. The molecule has 0 saturated heterocycles. The average molecular weight is 493 g/mol. The molecule has 0 spiro atoms. The van der Waals surface area contributed by atoms with Crippen LogP contribution in [-0.2, 0) is 18.6 Å². The minimum absolute atomic E-state index is 0.0330. The zero-order valence-corrected chi connectivity index (χ0v) is 23.1. The quantitative estimate of drug-likeness (QED) is 0.124. The summed E-state index contributed by atoms with van der Waals surface area (Å²) in [4.78, 5) is 22.6. The zero-order valence-electron chi connectivity index (χ0n) is 22.2. The number of hydrogen-bond acceptors (Lipinski definition) is 5. The number of nitrogens with one attached hydrogen (secondary N) is 1. The predicted octanol–water partition coefficient (Wildman–Crippen LogP) is 5.48. The third-order valence-electron chi connectivity index (χ3n) is 5.80. The van der Waals surface area contributed by atoms with Crippen LogP contribution in [0.5, 0.6) is 0 Å². The second-order valence-corrected chi connectivity index (χ2v) is 10.8. The second-order valence-electron chi connectivity index (χ2n) is 9.77. The topological polar surface area (TPSA) is 69.4 Å². The van der Waals surface area contributed by atoms with E-state index < -0.39 is 8.60 Å². The van der Waals surface area contributed by atoms with Crippen LogP contribution >= 0.6 is 8.60 Å². The summed E-state index contributed by atoms with van der Waals surface area (Å²) in [7, 11) is 2.17. The molecule has 7 heteroatoms. The van der Waals surface area contributed by atoms with Crippen LogP contribution in [0.15, 0.2) is 0 Å². The van der Waals surface area contributed by atoms with Gasteiger partial charge in [-0.3, -0.25) is 0 Å². The Labute approximate surface area is 206 Å². The van der Waals surface area contributed by atoms with Crippen LogP contribution in [0, 0.1) is 5.92 Å². The zero-order chi connectivity index (χ0) is 24.6. The van der Waals surface area contributed by atoms with Crippen LogP contribution in [-0.4, -0.2) is 57.7 Å². The van der Waals surface area contributed by atoms with Gasteiger partial charge in [0.2, 0.25) is 0 Å². The lowest BCUT2D eigenvalue weighted by Crippen LogP contribution is -3.06. The van der Waals surface area contributed by atoms with Gasteiger partial charge in [0.1, 0.15) is 18.9 Å². The number of Topliss-reactive ketones (excluding diaryl/α,β-unsaturated/α-hetero) is 1. The van der Waals surface area contributed by atoms with Gasteiger partial charge in [-0.2, -0.15) is 0 Å². The molecule has 2 atom stereocenters. The van der Waals surface area contributed by atoms with Crippen molar-refractivity contribution in [3.8, 4) is 0 Å². The van der Waals surface area contributed by atoms with Crippen molar-refractivity contribution in [3.05, 3.63) is 0 Å². The van der Waals surface area contributed by atoms with Crippen molar-refractivity contribution < 1.29 is 28.4 Å². The van der Waals surface area contributed by atoms with Gasteiger partial charge >= 0.3 is 8.60 Å². The highest BCUT2D eigenvalue weighted by atomic mass is 31.2. The van der Waals surface area contributed by atoms with E-state index in [2.05, 4.69) is 6.92 Å². The molecule has 0 heterocycles. The van der Waals surface area contributed by atoms with E-state index in [9.17, 15) is 9.69 Å². The number of hydrogen-bond donors (Lipinski definition) is 2. The summed E-state index contributed by atoms with van der Waals surface area (Å²) in [6, 6.07) is 0. The second kappa shape index (κ2) is 25.0. The predicted molar refractivity (Wildman–Crippen MR) is 139 cm³/mol. The Hall–Kier alpha value is -0.100. The molecular weight excluding hydrogens is 437 g/mol. The van der Waals surface area contributed by atoms with Crippen molar-refractivity contribution in [1.82, 2.24) is 0 Å². The SMILES string of the molecule is CCCCCCCCCCCCCCCCOCC(COP(O)OCC[NH+](C)C)CC(C)=O. The molecule has 0 saturated carbocycles. The number of carbonyl (C=O) groups is 1. The van der Waals surface area contributed by atoms with Crippen molar-refractivity contribution in [2.75, 3.05) is 47.1 Å². The van der Waals surface area contributed by atoms with Crippen molar-refractivity contribution in [1.29, 1.82) is 0 Å². The summed E-state index contributed by atoms with van der Waals surface area (Å²) in [5.74, 6) is 0.0810. The maximum absolute atomic E-state index is 11.5. The monoisotopic (exact) mass is 492 g/mol. The molecule has 6 nitrogen and oxygen atoms in total. The third-order valence-corrected chi connectivity index (χ3v) is 6.57. The Balaban J connectivity index is 3.58. The van der Waals surface area contributed by atoms with E-state index >= 15 is 0 Å². The summed E-state index contributed by atoms with van der Waals surface area (Å²) in [6.45, 7) is 6.62. The van der Waals surface area contributed by atoms with Gasteiger partial charge in [-0.05, 0) is 13.3 Å². The maximum Gasteiger partial charge on any atom is 0.330 e. The first kappa shape index (κ1) is 32.9.